The maximum atomic E-state index is 13.6. The molecule has 2 aromatic rings. The van der Waals surface area contributed by atoms with Gasteiger partial charge in [-0.1, -0.05) is 0 Å². The van der Waals surface area contributed by atoms with Crippen LogP contribution in [0.15, 0.2) is 39.4 Å². The van der Waals surface area contributed by atoms with Gasteiger partial charge < -0.3 is 10.1 Å². The summed E-state index contributed by atoms with van der Waals surface area (Å²) < 4.78 is 20.2. The molecule has 0 saturated heterocycles. The Labute approximate surface area is 121 Å². The van der Waals surface area contributed by atoms with E-state index in [-0.39, 0.29) is 5.82 Å². The van der Waals surface area contributed by atoms with Crippen LogP contribution in [0.4, 0.5) is 15.9 Å². The van der Waals surface area contributed by atoms with E-state index >= 15 is 0 Å². The predicted molar refractivity (Wildman–Crippen MR) is 75.9 cm³/mol. The molecule has 18 heavy (non-hydrogen) atoms. The molecule has 0 unspecified atom stereocenters. The molecule has 2 rings (SSSR count). The fraction of sp³-hybridized carbons (Fsp3) is 0.0833. The number of nitrogens with one attached hydrogen (secondary N) is 1. The topological polar surface area (TPSA) is 34.1 Å². The number of anilines is 2. The number of nitrogens with zero attached hydrogens (tertiary/aromatic N) is 1. The first-order chi connectivity index (χ1) is 8.60. The van der Waals surface area contributed by atoms with E-state index in [9.17, 15) is 4.39 Å². The second-order valence-electron chi connectivity index (χ2n) is 3.46. The van der Waals surface area contributed by atoms with Gasteiger partial charge in [0.2, 0.25) is 0 Å². The minimum atomic E-state index is -0.425. The monoisotopic (exact) mass is 374 g/mol. The van der Waals surface area contributed by atoms with Crippen LogP contribution in [0, 0.1) is 5.82 Å². The number of methoxy groups -OCH3 is 1. The van der Waals surface area contributed by atoms with Gasteiger partial charge in [-0.25, -0.2) is 9.37 Å². The van der Waals surface area contributed by atoms with E-state index in [1.165, 1.54) is 12.3 Å². The molecule has 0 aliphatic rings. The van der Waals surface area contributed by atoms with Crippen LogP contribution >= 0.6 is 31.9 Å². The van der Waals surface area contributed by atoms with Crippen LogP contribution in [0.25, 0.3) is 0 Å². The Kier molecular flexibility index (Phi) is 4.19. The Morgan fingerprint density at radius 2 is 2.06 bits per heavy atom. The molecule has 0 bridgehead atoms. The molecule has 0 saturated carbocycles. The second kappa shape index (κ2) is 5.67. The van der Waals surface area contributed by atoms with Gasteiger partial charge in [0, 0.05) is 22.4 Å². The summed E-state index contributed by atoms with van der Waals surface area (Å²) in [6.45, 7) is 0. The van der Waals surface area contributed by atoms with Crippen molar-refractivity contribution in [3.05, 3.63) is 45.2 Å². The van der Waals surface area contributed by atoms with Crippen LogP contribution in [-0.4, -0.2) is 12.1 Å². The molecule has 0 radical (unpaired) electrons. The largest absolute Gasteiger partial charge is 0.495 e. The first kappa shape index (κ1) is 13.3. The molecule has 0 fully saturated rings. The minimum Gasteiger partial charge on any atom is -0.495 e. The van der Waals surface area contributed by atoms with Crippen molar-refractivity contribution in [3.63, 3.8) is 0 Å². The number of halogens is 3. The van der Waals surface area contributed by atoms with Gasteiger partial charge in [0.15, 0.2) is 11.6 Å². The summed E-state index contributed by atoms with van der Waals surface area (Å²) >= 11 is 6.51. The van der Waals surface area contributed by atoms with Gasteiger partial charge in [0.1, 0.15) is 5.75 Å². The summed E-state index contributed by atoms with van der Waals surface area (Å²) in [5.74, 6) is 0.409. The molecule has 1 N–H and O–H groups in total. The van der Waals surface area contributed by atoms with Crippen molar-refractivity contribution in [2.45, 2.75) is 0 Å². The third-order valence-electron chi connectivity index (χ3n) is 2.22. The van der Waals surface area contributed by atoms with Crippen LogP contribution in [0.2, 0.25) is 0 Å². The Morgan fingerprint density at radius 1 is 1.28 bits per heavy atom. The highest BCUT2D eigenvalue weighted by atomic mass is 79.9. The van der Waals surface area contributed by atoms with E-state index in [1.54, 1.807) is 19.2 Å². The third-order valence-corrected chi connectivity index (χ3v) is 3.31. The molecule has 94 valence electrons. The second-order valence-corrected chi connectivity index (χ2v) is 5.23. The lowest BCUT2D eigenvalue weighted by Gasteiger charge is -2.09. The van der Waals surface area contributed by atoms with Gasteiger partial charge in [-0.05, 0) is 50.1 Å². The lowest BCUT2D eigenvalue weighted by Crippen LogP contribution is -1.97. The normalized spacial score (nSPS) is 10.2. The van der Waals surface area contributed by atoms with Crippen molar-refractivity contribution < 1.29 is 9.13 Å². The Hall–Kier alpha value is -1.14. The number of benzene rings is 1. The summed E-state index contributed by atoms with van der Waals surface area (Å²) in [5, 5.41) is 2.89. The van der Waals surface area contributed by atoms with Crippen molar-refractivity contribution in [1.82, 2.24) is 4.98 Å². The molecule has 1 heterocycles. The lowest BCUT2D eigenvalue weighted by molar-refractivity contribution is 0.412. The van der Waals surface area contributed by atoms with E-state index < -0.39 is 5.82 Å². The Balaban J connectivity index is 2.28. The fourth-order valence-electron chi connectivity index (χ4n) is 1.38. The maximum Gasteiger partial charge on any atom is 0.166 e. The maximum absolute atomic E-state index is 13.6. The zero-order valence-electron chi connectivity index (χ0n) is 9.38. The summed E-state index contributed by atoms with van der Waals surface area (Å²) in [6.07, 6.45) is 1.53. The van der Waals surface area contributed by atoms with Crippen molar-refractivity contribution in [1.29, 1.82) is 0 Å². The molecule has 0 aliphatic carbocycles. The lowest BCUT2D eigenvalue weighted by atomic mass is 10.3. The minimum absolute atomic E-state index is 0.169. The van der Waals surface area contributed by atoms with Crippen molar-refractivity contribution in [3.8, 4) is 5.75 Å². The number of rotatable bonds is 3. The first-order valence-corrected chi connectivity index (χ1v) is 6.60. The molecule has 0 aliphatic heterocycles. The molecule has 0 atom stereocenters. The highest BCUT2D eigenvalue weighted by Gasteiger charge is 2.07. The highest BCUT2D eigenvalue weighted by molar-refractivity contribution is 9.10. The molecular formula is C12H9Br2FN2O. The number of pyridine rings is 1. The standard InChI is InChI=1S/C12H9Br2FN2O/c1-18-11-5-8(2-3-9(11)14)17-12-10(15)4-7(13)6-16-12/h2-6H,1H3,(H,16,17). The Bertz CT molecular complexity index is 578. The van der Waals surface area contributed by atoms with E-state index in [4.69, 9.17) is 4.74 Å². The van der Waals surface area contributed by atoms with Gasteiger partial charge in [-0.15, -0.1) is 0 Å². The van der Waals surface area contributed by atoms with Crippen LogP contribution in [0.3, 0.4) is 0 Å². The molecule has 1 aromatic carbocycles. The van der Waals surface area contributed by atoms with E-state index in [1.807, 2.05) is 6.07 Å². The van der Waals surface area contributed by atoms with Gasteiger partial charge in [0.05, 0.1) is 11.6 Å². The van der Waals surface area contributed by atoms with Crippen LogP contribution in [-0.2, 0) is 0 Å². The fourth-order valence-corrected chi connectivity index (χ4v) is 2.09. The molecule has 3 nitrogen and oxygen atoms in total. The first-order valence-electron chi connectivity index (χ1n) is 5.02. The van der Waals surface area contributed by atoms with Crippen LogP contribution < -0.4 is 10.1 Å². The molecule has 0 amide bonds. The number of hydrogen-bond donors (Lipinski definition) is 1. The van der Waals surface area contributed by atoms with Crippen molar-refractivity contribution in [2.75, 3.05) is 12.4 Å². The quantitative estimate of drug-likeness (QED) is 0.857. The molecule has 0 spiro atoms. The van der Waals surface area contributed by atoms with E-state index in [0.717, 1.165) is 4.47 Å². The smallest absolute Gasteiger partial charge is 0.166 e. The predicted octanol–water partition coefficient (Wildman–Crippen LogP) is 4.50. The summed E-state index contributed by atoms with van der Waals surface area (Å²) in [5.41, 5.74) is 0.698. The van der Waals surface area contributed by atoms with Gasteiger partial charge in [-0.2, -0.15) is 0 Å². The summed E-state index contributed by atoms with van der Waals surface area (Å²) in [4.78, 5) is 3.97. The van der Waals surface area contributed by atoms with Gasteiger partial charge in [0.25, 0.3) is 0 Å². The van der Waals surface area contributed by atoms with Crippen molar-refractivity contribution >= 4 is 43.4 Å². The summed E-state index contributed by atoms with van der Waals surface area (Å²) in [7, 11) is 1.57. The SMILES string of the molecule is COc1cc(Nc2ncc(Br)cc2F)ccc1Br. The number of ether oxygens (including phenoxy) is 1. The van der Waals surface area contributed by atoms with Gasteiger partial charge >= 0.3 is 0 Å². The summed E-state index contributed by atoms with van der Waals surface area (Å²) in [6, 6.07) is 6.73. The molecule has 6 heteroatoms. The average molecular weight is 376 g/mol. The van der Waals surface area contributed by atoms with Gasteiger partial charge in [-0.3, -0.25) is 0 Å². The van der Waals surface area contributed by atoms with Crippen LogP contribution in [0.1, 0.15) is 0 Å². The van der Waals surface area contributed by atoms with Crippen LogP contribution in [0.5, 0.6) is 5.75 Å². The Morgan fingerprint density at radius 3 is 2.72 bits per heavy atom. The third kappa shape index (κ3) is 3.00. The highest BCUT2D eigenvalue weighted by Crippen LogP contribution is 2.29. The van der Waals surface area contributed by atoms with E-state index in [2.05, 4.69) is 42.2 Å². The van der Waals surface area contributed by atoms with Crippen molar-refractivity contribution in [2.24, 2.45) is 0 Å². The molecule has 1 aromatic heterocycles. The number of aromatic nitrogens is 1. The molecular weight excluding hydrogens is 367 g/mol. The average Bonchev–Trinajstić information content (AvgIpc) is 2.35. The zero-order valence-corrected chi connectivity index (χ0v) is 12.5. The number of hydrogen-bond acceptors (Lipinski definition) is 3. The zero-order chi connectivity index (χ0) is 13.1. The van der Waals surface area contributed by atoms with E-state index in [0.29, 0.717) is 15.9 Å².